The number of nitrogens with one attached hydrogen (secondary N) is 2. The lowest BCUT2D eigenvalue weighted by Gasteiger charge is -2.23. The highest BCUT2D eigenvalue weighted by molar-refractivity contribution is 6.35. The Balaban J connectivity index is 1.83. The van der Waals surface area contributed by atoms with Gasteiger partial charge in [-0.25, -0.2) is 14.1 Å². The van der Waals surface area contributed by atoms with E-state index in [1.807, 2.05) is 6.07 Å². The summed E-state index contributed by atoms with van der Waals surface area (Å²) < 4.78 is 28.6. The van der Waals surface area contributed by atoms with E-state index < -0.39 is 24.7 Å². The van der Waals surface area contributed by atoms with Crippen molar-refractivity contribution in [2.24, 2.45) is 5.41 Å². The molecule has 1 unspecified atom stereocenters. The fourth-order valence-corrected chi connectivity index (χ4v) is 4.27. The third kappa shape index (κ3) is 5.83. The summed E-state index contributed by atoms with van der Waals surface area (Å²) in [5, 5.41) is 26.0. The smallest absolute Gasteiger partial charge is 0.213 e. The Morgan fingerprint density at radius 1 is 1.24 bits per heavy atom. The van der Waals surface area contributed by atoms with Crippen LogP contribution in [0.5, 0.6) is 0 Å². The highest BCUT2D eigenvalue weighted by Gasteiger charge is 2.23. The Morgan fingerprint density at radius 3 is 2.66 bits per heavy atom. The highest BCUT2D eigenvalue weighted by atomic mass is 35.5. The zero-order valence-corrected chi connectivity index (χ0v) is 22.6. The van der Waals surface area contributed by atoms with Gasteiger partial charge in [-0.05, 0) is 37.5 Å². The molecule has 0 saturated heterocycles. The number of aryl methyl sites for hydroxylation is 1. The number of hydrogen-bond donors (Lipinski definition) is 2. The molecule has 0 bridgehead atoms. The van der Waals surface area contributed by atoms with Crippen LogP contribution < -0.4 is 10.6 Å². The first-order valence-electron chi connectivity index (χ1n) is 12.1. The minimum Gasteiger partial charge on any atom is -0.383 e. The van der Waals surface area contributed by atoms with Gasteiger partial charge in [0.1, 0.15) is 18.4 Å². The number of fused-ring (bicyclic) bond motifs is 1. The number of rotatable bonds is 8. The predicted octanol–water partition coefficient (Wildman–Crippen LogP) is 6.38. The Labute approximate surface area is 225 Å². The average Bonchev–Trinajstić information content (AvgIpc) is 3.35. The summed E-state index contributed by atoms with van der Waals surface area (Å²) in [4.78, 5) is 8.38. The fraction of sp³-hybridized carbons (Fsp3) is 0.370. The van der Waals surface area contributed by atoms with Gasteiger partial charge in [0.05, 0.1) is 40.1 Å². The van der Waals surface area contributed by atoms with E-state index in [4.69, 9.17) is 11.6 Å². The lowest BCUT2D eigenvalue weighted by atomic mass is 9.96. The van der Waals surface area contributed by atoms with Crippen LogP contribution >= 0.6 is 11.6 Å². The number of nitriles is 1. The molecule has 0 aliphatic heterocycles. The van der Waals surface area contributed by atoms with Gasteiger partial charge in [-0.1, -0.05) is 43.7 Å². The molecule has 38 heavy (non-hydrogen) atoms. The fourth-order valence-electron chi connectivity index (χ4n) is 4.00. The van der Waals surface area contributed by atoms with Crippen LogP contribution in [0.4, 0.5) is 20.2 Å². The summed E-state index contributed by atoms with van der Waals surface area (Å²) in [7, 11) is 0. The normalized spacial score (nSPS) is 13.2. The molecule has 1 aromatic carbocycles. The molecule has 3 aromatic heterocycles. The Bertz CT molecular complexity index is 1510. The van der Waals surface area contributed by atoms with Gasteiger partial charge in [0.2, 0.25) is 5.95 Å². The first-order chi connectivity index (χ1) is 18.0. The van der Waals surface area contributed by atoms with Crippen molar-refractivity contribution in [3.63, 3.8) is 0 Å². The SMILES string of the molecule is Cc1nc(F)ccc1[C@H](Nc1cc(Cl)c2ncc(C#N)c(NCC(C)(C)C)c2c1)c1cn(C(C)CF)nn1. The molecule has 11 heteroatoms. The van der Waals surface area contributed by atoms with Crippen molar-refractivity contribution >= 4 is 33.9 Å². The molecule has 0 saturated carbocycles. The molecule has 0 radical (unpaired) electrons. The van der Waals surface area contributed by atoms with E-state index in [1.165, 1.54) is 16.9 Å². The first kappa shape index (κ1) is 27.2. The molecule has 198 valence electrons. The molecule has 4 aromatic rings. The summed E-state index contributed by atoms with van der Waals surface area (Å²) in [6, 6.07) is 7.59. The van der Waals surface area contributed by atoms with Crippen molar-refractivity contribution in [3.05, 3.63) is 70.1 Å². The van der Waals surface area contributed by atoms with Gasteiger partial charge in [0, 0.05) is 35.1 Å². The first-order valence-corrected chi connectivity index (χ1v) is 12.5. The number of aromatic nitrogens is 5. The minimum atomic E-state index is -0.602. The third-order valence-electron chi connectivity index (χ3n) is 6.05. The quantitative estimate of drug-likeness (QED) is 0.251. The maximum absolute atomic E-state index is 13.8. The van der Waals surface area contributed by atoms with Crippen molar-refractivity contribution in [1.82, 2.24) is 25.0 Å². The molecule has 4 rings (SSSR count). The number of nitrogens with zero attached hydrogens (tertiary/aromatic N) is 6. The molecule has 0 aliphatic rings. The lowest BCUT2D eigenvalue weighted by molar-refractivity contribution is 0.351. The van der Waals surface area contributed by atoms with Gasteiger partial charge in [-0.3, -0.25) is 4.98 Å². The number of hydrogen-bond acceptors (Lipinski definition) is 7. The zero-order chi connectivity index (χ0) is 27.6. The van der Waals surface area contributed by atoms with Crippen LogP contribution in [0.25, 0.3) is 10.9 Å². The van der Waals surface area contributed by atoms with Crippen LogP contribution in [0.1, 0.15) is 62.3 Å². The molecule has 3 heterocycles. The van der Waals surface area contributed by atoms with Crippen LogP contribution in [0.3, 0.4) is 0 Å². The molecular formula is C27H29ClF2N8. The van der Waals surface area contributed by atoms with E-state index in [2.05, 4.69) is 57.8 Å². The monoisotopic (exact) mass is 538 g/mol. The molecule has 2 atom stereocenters. The van der Waals surface area contributed by atoms with E-state index in [9.17, 15) is 14.0 Å². The van der Waals surface area contributed by atoms with Crippen LogP contribution in [0.15, 0.2) is 36.7 Å². The average molecular weight is 539 g/mol. The van der Waals surface area contributed by atoms with E-state index in [1.54, 1.807) is 32.2 Å². The second-order valence-corrected chi connectivity index (χ2v) is 10.8. The van der Waals surface area contributed by atoms with Crippen molar-refractivity contribution in [2.75, 3.05) is 23.9 Å². The molecular weight excluding hydrogens is 510 g/mol. The summed E-state index contributed by atoms with van der Waals surface area (Å²) in [5.74, 6) is -0.599. The topological polar surface area (TPSA) is 104 Å². The van der Waals surface area contributed by atoms with Crippen LogP contribution in [0.2, 0.25) is 5.02 Å². The standard InChI is InChI=1S/C27H29ClF2N8/c1-15(10-29)38-13-22(36-37-38)26(19-6-7-23(30)34-16(19)2)35-18-8-20-24(33-14-27(3,4)5)17(11-31)12-32-25(20)21(28)9-18/h6-9,12-13,15,26,35H,10,14H2,1-5H3,(H,32,33)/t15?,26-/m0/s1. The van der Waals surface area contributed by atoms with Gasteiger partial charge >= 0.3 is 0 Å². The summed E-state index contributed by atoms with van der Waals surface area (Å²) in [6.07, 6.45) is 3.16. The van der Waals surface area contributed by atoms with Crippen molar-refractivity contribution < 1.29 is 8.78 Å². The van der Waals surface area contributed by atoms with Crippen molar-refractivity contribution in [1.29, 1.82) is 5.26 Å². The predicted molar refractivity (Wildman–Crippen MR) is 145 cm³/mol. The maximum atomic E-state index is 13.8. The van der Waals surface area contributed by atoms with Crippen LogP contribution in [0, 0.1) is 29.6 Å². The van der Waals surface area contributed by atoms with E-state index in [0.29, 0.717) is 56.4 Å². The molecule has 8 nitrogen and oxygen atoms in total. The number of halogens is 3. The third-order valence-corrected chi connectivity index (χ3v) is 6.34. The lowest BCUT2D eigenvalue weighted by Crippen LogP contribution is -2.20. The van der Waals surface area contributed by atoms with Gasteiger partial charge in [0.25, 0.3) is 0 Å². The van der Waals surface area contributed by atoms with Crippen molar-refractivity contribution in [3.8, 4) is 6.07 Å². The highest BCUT2D eigenvalue weighted by Crippen LogP contribution is 2.36. The van der Waals surface area contributed by atoms with Gasteiger partial charge < -0.3 is 10.6 Å². The summed E-state index contributed by atoms with van der Waals surface area (Å²) in [5.41, 5.74) is 3.77. The second kappa shape index (κ2) is 10.9. The van der Waals surface area contributed by atoms with Crippen LogP contribution in [-0.4, -0.2) is 38.2 Å². The summed E-state index contributed by atoms with van der Waals surface area (Å²) in [6.45, 7) is 9.70. The van der Waals surface area contributed by atoms with Gasteiger partial charge in [0.15, 0.2) is 0 Å². The van der Waals surface area contributed by atoms with E-state index >= 15 is 0 Å². The number of benzene rings is 1. The van der Waals surface area contributed by atoms with Gasteiger partial charge in [-0.15, -0.1) is 5.10 Å². The number of alkyl halides is 1. The molecule has 0 fully saturated rings. The molecule has 0 spiro atoms. The zero-order valence-electron chi connectivity index (χ0n) is 21.9. The minimum absolute atomic E-state index is 0.0389. The molecule has 2 N–H and O–H groups in total. The Hall–Kier alpha value is -3.84. The number of anilines is 2. The van der Waals surface area contributed by atoms with E-state index in [-0.39, 0.29) is 5.41 Å². The Kier molecular flexibility index (Phi) is 7.78. The largest absolute Gasteiger partial charge is 0.383 e. The molecule has 0 aliphatic carbocycles. The second-order valence-electron chi connectivity index (χ2n) is 10.4. The number of pyridine rings is 2. The summed E-state index contributed by atoms with van der Waals surface area (Å²) >= 11 is 6.66. The van der Waals surface area contributed by atoms with E-state index in [0.717, 1.165) is 0 Å². The maximum Gasteiger partial charge on any atom is 0.213 e. The van der Waals surface area contributed by atoms with Gasteiger partial charge in [-0.2, -0.15) is 9.65 Å². The molecule has 0 amide bonds. The van der Waals surface area contributed by atoms with Crippen LogP contribution in [-0.2, 0) is 0 Å². The Morgan fingerprint density at radius 2 is 2.00 bits per heavy atom. The van der Waals surface area contributed by atoms with Crippen molar-refractivity contribution in [2.45, 2.75) is 46.7 Å².